The lowest BCUT2D eigenvalue weighted by Crippen LogP contribution is -2.44. The van der Waals surface area contributed by atoms with Crippen molar-refractivity contribution >= 4 is 29.0 Å². The number of likely N-dealkylation sites (tertiary alicyclic amines) is 1. The zero-order valence-corrected chi connectivity index (χ0v) is 23.1. The molecule has 1 atom stereocenters. The van der Waals surface area contributed by atoms with Crippen molar-refractivity contribution in [3.05, 3.63) is 36.4 Å². The molecule has 2 N–H and O–H groups in total. The van der Waals surface area contributed by atoms with Gasteiger partial charge in [0.05, 0.1) is 0 Å². The molecule has 1 aromatic carbocycles. The van der Waals surface area contributed by atoms with Crippen LogP contribution < -0.4 is 5.32 Å². The second-order valence-corrected chi connectivity index (χ2v) is 10.8. The van der Waals surface area contributed by atoms with Crippen LogP contribution in [0.5, 0.6) is 0 Å². The molecule has 2 aromatic heterocycles. The highest BCUT2D eigenvalue weighted by atomic mass is 16.6. The summed E-state index contributed by atoms with van der Waals surface area (Å²) in [6, 6.07) is 7.70. The Morgan fingerprint density at radius 1 is 1.21 bits per heavy atom. The monoisotopic (exact) mass is 538 g/mol. The number of fused-ring (bicyclic) bond motifs is 1. The predicted molar refractivity (Wildman–Crippen MR) is 147 cm³/mol. The number of guanidine groups is 1. The first-order valence-electron chi connectivity index (χ1n) is 13.7. The molecular weight excluding hydrogens is 500 g/mol. The highest BCUT2D eigenvalue weighted by Crippen LogP contribution is 2.34. The van der Waals surface area contributed by atoms with Gasteiger partial charge in [0.2, 0.25) is 17.7 Å². The summed E-state index contributed by atoms with van der Waals surface area (Å²) in [5, 5.41) is 16.9. The zero-order valence-electron chi connectivity index (χ0n) is 23.1. The second kappa shape index (κ2) is 12.3. The molecular formula is C28H38N6O5. The Balaban J connectivity index is 1.55. The van der Waals surface area contributed by atoms with Crippen LogP contribution in [0.15, 0.2) is 40.0 Å². The number of aryl methyl sites for hydroxylation is 1. The van der Waals surface area contributed by atoms with Crippen LogP contribution in [0.25, 0.3) is 22.3 Å². The van der Waals surface area contributed by atoms with Gasteiger partial charge in [-0.1, -0.05) is 49.9 Å². The third kappa shape index (κ3) is 7.15. The standard InChI is InChI=1S/C28H38N6O5/c1-5-6-7-8-9-16-33-18-15-19-20(12-10-13-21(19)33)23-29-24(39-32-23)22-14-11-17-34(22)25(30-26(35)36)31-27(37)38-28(2,3)4/h10,12-13,15,18,22H,5-9,11,14,16-17H2,1-4H3,(H,35,36)(H,30,31,37). The van der Waals surface area contributed by atoms with Crippen LogP contribution in [-0.2, 0) is 11.3 Å². The van der Waals surface area contributed by atoms with Crippen LogP contribution in [0.1, 0.15) is 84.6 Å². The lowest BCUT2D eigenvalue weighted by molar-refractivity contribution is 0.0600. The minimum absolute atomic E-state index is 0.128. The van der Waals surface area contributed by atoms with Crippen LogP contribution in [0.3, 0.4) is 0 Å². The molecule has 3 heterocycles. The van der Waals surface area contributed by atoms with Crippen LogP contribution in [0, 0.1) is 0 Å². The maximum absolute atomic E-state index is 12.4. The molecule has 1 unspecified atom stereocenters. The molecule has 0 bridgehead atoms. The van der Waals surface area contributed by atoms with Gasteiger partial charge in [-0.25, -0.2) is 9.59 Å². The van der Waals surface area contributed by atoms with Gasteiger partial charge in [-0.15, -0.1) is 4.99 Å². The molecule has 3 aromatic rings. The summed E-state index contributed by atoms with van der Waals surface area (Å²) >= 11 is 0. The van der Waals surface area contributed by atoms with Crippen molar-refractivity contribution in [3.63, 3.8) is 0 Å². The number of ether oxygens (including phenoxy) is 1. The summed E-state index contributed by atoms with van der Waals surface area (Å²) in [6.07, 6.45) is 7.36. The molecule has 11 nitrogen and oxygen atoms in total. The smallest absolute Gasteiger partial charge is 0.437 e. The summed E-state index contributed by atoms with van der Waals surface area (Å²) in [4.78, 5) is 34.1. The van der Waals surface area contributed by atoms with Crippen molar-refractivity contribution in [2.75, 3.05) is 6.54 Å². The van der Waals surface area contributed by atoms with E-state index in [-0.39, 0.29) is 5.96 Å². The Bertz CT molecular complexity index is 1320. The first-order chi connectivity index (χ1) is 18.7. The van der Waals surface area contributed by atoms with Gasteiger partial charge < -0.3 is 23.8 Å². The summed E-state index contributed by atoms with van der Waals surface area (Å²) in [5.41, 5.74) is 1.22. The molecule has 1 aliphatic rings. The van der Waals surface area contributed by atoms with Gasteiger partial charge in [-0.05, 0) is 52.2 Å². The third-order valence-electron chi connectivity index (χ3n) is 6.62. The Hall–Kier alpha value is -3.89. The molecule has 39 heavy (non-hydrogen) atoms. The van der Waals surface area contributed by atoms with E-state index in [4.69, 9.17) is 14.2 Å². The van der Waals surface area contributed by atoms with Crippen molar-refractivity contribution in [2.45, 2.75) is 90.8 Å². The first-order valence-corrected chi connectivity index (χ1v) is 13.7. The Kier molecular flexibility index (Phi) is 8.88. The molecule has 1 saturated heterocycles. The van der Waals surface area contributed by atoms with E-state index in [0.717, 1.165) is 35.9 Å². The van der Waals surface area contributed by atoms with E-state index in [0.29, 0.717) is 24.7 Å². The number of hydrogen-bond acceptors (Lipinski definition) is 6. The molecule has 0 aliphatic carbocycles. The number of unbranched alkanes of at least 4 members (excludes halogenated alkanes) is 4. The summed E-state index contributed by atoms with van der Waals surface area (Å²) in [6.45, 7) is 8.78. The van der Waals surface area contributed by atoms with Crippen molar-refractivity contribution < 1.29 is 24.0 Å². The van der Waals surface area contributed by atoms with E-state index in [2.05, 4.69) is 45.3 Å². The molecule has 11 heteroatoms. The minimum Gasteiger partial charge on any atom is -0.465 e. The maximum atomic E-state index is 12.4. The average molecular weight is 539 g/mol. The topological polar surface area (TPSA) is 135 Å². The van der Waals surface area contributed by atoms with E-state index in [1.807, 2.05) is 12.1 Å². The van der Waals surface area contributed by atoms with Crippen LogP contribution in [0.2, 0.25) is 0 Å². The molecule has 0 saturated carbocycles. The van der Waals surface area contributed by atoms with Crippen LogP contribution in [-0.4, -0.2) is 55.0 Å². The molecule has 1 aliphatic heterocycles. The van der Waals surface area contributed by atoms with E-state index in [1.165, 1.54) is 25.7 Å². The number of aliphatic imine (C=N–C) groups is 1. The van der Waals surface area contributed by atoms with Crippen molar-refractivity contribution in [1.29, 1.82) is 0 Å². The Morgan fingerprint density at radius 2 is 2.00 bits per heavy atom. The van der Waals surface area contributed by atoms with Gasteiger partial charge in [-0.2, -0.15) is 4.98 Å². The van der Waals surface area contributed by atoms with Crippen molar-refractivity contribution in [3.8, 4) is 11.4 Å². The van der Waals surface area contributed by atoms with Crippen molar-refractivity contribution in [2.24, 2.45) is 4.99 Å². The highest BCUT2D eigenvalue weighted by Gasteiger charge is 2.35. The van der Waals surface area contributed by atoms with Crippen molar-refractivity contribution in [1.82, 2.24) is 24.9 Å². The number of carboxylic acid groups (broad SMARTS) is 1. The molecule has 210 valence electrons. The number of nitrogens with zero attached hydrogens (tertiary/aromatic N) is 5. The SMILES string of the molecule is CCCCCCCn1ccc2c(-c3noc(C4CCCN4C(=NC(=O)OC(C)(C)C)NC(=O)O)n3)cccc21. The fourth-order valence-corrected chi connectivity index (χ4v) is 4.89. The summed E-state index contributed by atoms with van der Waals surface area (Å²) < 4.78 is 13.2. The minimum atomic E-state index is -1.34. The number of nitrogens with one attached hydrogen (secondary N) is 1. The number of benzene rings is 1. The maximum Gasteiger partial charge on any atom is 0.437 e. The van der Waals surface area contributed by atoms with E-state index in [1.54, 1.807) is 25.7 Å². The Labute approximate surface area is 228 Å². The fourth-order valence-electron chi connectivity index (χ4n) is 4.89. The second-order valence-electron chi connectivity index (χ2n) is 10.8. The van der Waals surface area contributed by atoms with Crippen LogP contribution >= 0.6 is 0 Å². The number of aromatic nitrogens is 3. The van der Waals surface area contributed by atoms with Gasteiger partial charge in [0.1, 0.15) is 11.6 Å². The van der Waals surface area contributed by atoms with Gasteiger partial charge >= 0.3 is 12.2 Å². The van der Waals surface area contributed by atoms with Gasteiger partial charge in [0.25, 0.3) is 0 Å². The largest absolute Gasteiger partial charge is 0.465 e. The average Bonchev–Trinajstić information content (AvgIpc) is 3.61. The molecule has 4 rings (SSSR count). The Morgan fingerprint density at radius 3 is 2.74 bits per heavy atom. The predicted octanol–water partition coefficient (Wildman–Crippen LogP) is 6.36. The molecule has 2 amide bonds. The summed E-state index contributed by atoms with van der Waals surface area (Å²) in [7, 11) is 0. The number of amides is 2. The number of rotatable bonds is 8. The highest BCUT2D eigenvalue weighted by molar-refractivity contribution is 5.98. The summed E-state index contributed by atoms with van der Waals surface area (Å²) in [5.74, 6) is 0.663. The molecule has 0 radical (unpaired) electrons. The molecule has 1 fully saturated rings. The number of carbonyl (C=O) groups is 2. The zero-order chi connectivity index (χ0) is 28.0. The van der Waals surface area contributed by atoms with Gasteiger partial charge in [0, 0.05) is 35.8 Å². The van der Waals surface area contributed by atoms with Gasteiger partial charge in [-0.3, -0.25) is 5.32 Å². The van der Waals surface area contributed by atoms with E-state index < -0.39 is 23.8 Å². The van der Waals surface area contributed by atoms with Crippen LogP contribution in [0.4, 0.5) is 9.59 Å². The normalized spacial score (nSPS) is 16.2. The fraction of sp³-hybridized carbons (Fsp3) is 0.536. The molecule has 0 spiro atoms. The van der Waals surface area contributed by atoms with Gasteiger partial charge in [0.15, 0.2) is 0 Å². The first kappa shape index (κ1) is 28.1. The number of carbonyl (C=O) groups excluding carboxylic acids is 1. The third-order valence-corrected chi connectivity index (χ3v) is 6.62. The van der Waals surface area contributed by atoms with E-state index >= 15 is 0 Å². The quantitative estimate of drug-likeness (QED) is 0.192. The lowest BCUT2D eigenvalue weighted by atomic mass is 10.1. The number of hydrogen-bond donors (Lipinski definition) is 2. The lowest BCUT2D eigenvalue weighted by Gasteiger charge is -2.25. The van der Waals surface area contributed by atoms with E-state index in [9.17, 15) is 14.7 Å².